The molecule has 128 valence electrons. The van der Waals surface area contributed by atoms with Crippen molar-refractivity contribution < 1.29 is 9.72 Å². The summed E-state index contributed by atoms with van der Waals surface area (Å²) in [7, 11) is 0. The van der Waals surface area contributed by atoms with Gasteiger partial charge in [-0.25, -0.2) is 5.01 Å². The fourth-order valence-electron chi connectivity index (χ4n) is 2.82. The van der Waals surface area contributed by atoms with Crippen molar-refractivity contribution in [3.8, 4) is 0 Å². The van der Waals surface area contributed by atoms with Crippen LogP contribution in [0.2, 0.25) is 0 Å². The number of carbonyl (C=O) groups is 1. The van der Waals surface area contributed by atoms with Gasteiger partial charge in [-0.15, -0.1) is 0 Å². The van der Waals surface area contributed by atoms with Crippen LogP contribution in [0.1, 0.15) is 36.9 Å². The van der Waals surface area contributed by atoms with Gasteiger partial charge in [0.2, 0.25) is 5.91 Å². The zero-order valence-corrected chi connectivity index (χ0v) is 15.1. The molecule has 1 atom stereocenters. The highest BCUT2D eigenvalue weighted by molar-refractivity contribution is 9.10. The van der Waals surface area contributed by atoms with Crippen LogP contribution < -0.4 is 0 Å². The third-order valence-corrected chi connectivity index (χ3v) is 4.64. The van der Waals surface area contributed by atoms with E-state index >= 15 is 0 Å². The summed E-state index contributed by atoms with van der Waals surface area (Å²) in [5.74, 6) is -0.0756. The number of nitro benzene ring substituents is 1. The predicted octanol–water partition coefficient (Wildman–Crippen LogP) is 4.45. The third-order valence-electron chi connectivity index (χ3n) is 4.11. The van der Waals surface area contributed by atoms with E-state index < -0.39 is 4.92 Å². The average molecular weight is 402 g/mol. The first-order chi connectivity index (χ1) is 12.0. The molecule has 0 radical (unpaired) electrons. The largest absolute Gasteiger partial charge is 0.273 e. The summed E-state index contributed by atoms with van der Waals surface area (Å²) in [6, 6.07) is 13.9. The molecule has 25 heavy (non-hydrogen) atoms. The Morgan fingerprint density at radius 1 is 1.32 bits per heavy atom. The van der Waals surface area contributed by atoms with Gasteiger partial charge >= 0.3 is 0 Å². The Morgan fingerprint density at radius 3 is 2.68 bits per heavy atom. The summed E-state index contributed by atoms with van der Waals surface area (Å²) in [4.78, 5) is 22.9. The molecular formula is C18H16BrN3O3. The van der Waals surface area contributed by atoms with Crippen LogP contribution in [-0.4, -0.2) is 21.6 Å². The van der Waals surface area contributed by atoms with E-state index in [1.807, 2.05) is 24.3 Å². The van der Waals surface area contributed by atoms with Crippen LogP contribution in [-0.2, 0) is 4.79 Å². The normalized spacial score (nSPS) is 16.6. The van der Waals surface area contributed by atoms with Gasteiger partial charge in [-0.2, -0.15) is 5.10 Å². The Hall–Kier alpha value is -2.54. The summed E-state index contributed by atoms with van der Waals surface area (Å²) < 4.78 is 0.961. The first kappa shape index (κ1) is 17.3. The van der Waals surface area contributed by atoms with Crippen molar-refractivity contribution in [1.29, 1.82) is 0 Å². The maximum Gasteiger partial charge on any atom is 0.270 e. The minimum Gasteiger partial charge on any atom is -0.273 e. The van der Waals surface area contributed by atoms with Crippen molar-refractivity contribution in [3.05, 3.63) is 74.2 Å². The second kappa shape index (κ2) is 7.14. The molecule has 0 N–H and O–H groups in total. The standard InChI is InChI=1S/C18H16BrN3O3/c1-2-18(23)21-17(12-6-8-14(19)9-7-12)11-16(20-21)13-4-3-5-15(10-13)22(24)25/h3-10,17H,2,11H2,1H3/t17-/m0/s1. The number of non-ortho nitro benzene ring substituents is 1. The zero-order valence-electron chi connectivity index (χ0n) is 13.6. The van der Waals surface area contributed by atoms with E-state index in [-0.39, 0.29) is 17.6 Å². The highest BCUT2D eigenvalue weighted by atomic mass is 79.9. The van der Waals surface area contributed by atoms with Crippen molar-refractivity contribution in [3.63, 3.8) is 0 Å². The van der Waals surface area contributed by atoms with E-state index in [4.69, 9.17) is 0 Å². The first-order valence-electron chi connectivity index (χ1n) is 7.89. The van der Waals surface area contributed by atoms with Gasteiger partial charge in [-0.05, 0) is 17.7 Å². The number of carbonyl (C=O) groups excluding carboxylic acids is 1. The number of halogens is 1. The summed E-state index contributed by atoms with van der Waals surface area (Å²) in [6.07, 6.45) is 0.868. The maximum absolute atomic E-state index is 12.3. The van der Waals surface area contributed by atoms with Crippen LogP contribution in [0, 0.1) is 10.1 Å². The van der Waals surface area contributed by atoms with Crippen LogP contribution in [0.3, 0.4) is 0 Å². The summed E-state index contributed by atoms with van der Waals surface area (Å²) >= 11 is 3.41. The van der Waals surface area contributed by atoms with E-state index in [1.165, 1.54) is 17.1 Å². The Labute approximate surface area is 153 Å². The van der Waals surface area contributed by atoms with Gasteiger partial charge in [-0.1, -0.05) is 47.1 Å². The third kappa shape index (κ3) is 3.61. The topological polar surface area (TPSA) is 75.8 Å². The van der Waals surface area contributed by atoms with Gasteiger partial charge in [-0.3, -0.25) is 14.9 Å². The number of benzene rings is 2. The van der Waals surface area contributed by atoms with E-state index in [1.54, 1.807) is 19.1 Å². The fraction of sp³-hybridized carbons (Fsp3) is 0.222. The summed E-state index contributed by atoms with van der Waals surface area (Å²) in [6.45, 7) is 1.79. The van der Waals surface area contributed by atoms with Gasteiger partial charge in [0.15, 0.2) is 0 Å². The van der Waals surface area contributed by atoms with E-state index in [2.05, 4.69) is 21.0 Å². The van der Waals surface area contributed by atoms with Crippen molar-refractivity contribution in [1.82, 2.24) is 5.01 Å². The number of rotatable bonds is 4. The molecule has 0 fully saturated rings. The Morgan fingerprint density at radius 2 is 2.04 bits per heavy atom. The fourth-order valence-corrected chi connectivity index (χ4v) is 3.08. The van der Waals surface area contributed by atoms with Gasteiger partial charge in [0.05, 0.1) is 16.7 Å². The van der Waals surface area contributed by atoms with E-state index in [9.17, 15) is 14.9 Å². The molecule has 0 saturated carbocycles. The van der Waals surface area contributed by atoms with Crippen molar-refractivity contribution in [2.24, 2.45) is 5.10 Å². The van der Waals surface area contributed by atoms with Gasteiger partial charge in [0.25, 0.3) is 5.69 Å². The minimum atomic E-state index is -0.430. The van der Waals surface area contributed by atoms with Gasteiger partial charge < -0.3 is 0 Å². The lowest BCUT2D eigenvalue weighted by Gasteiger charge is -2.21. The van der Waals surface area contributed by atoms with Crippen molar-refractivity contribution in [2.45, 2.75) is 25.8 Å². The molecule has 0 aliphatic carbocycles. The molecular weight excluding hydrogens is 386 g/mol. The van der Waals surface area contributed by atoms with Crippen LogP contribution >= 0.6 is 15.9 Å². The molecule has 6 nitrogen and oxygen atoms in total. The molecule has 1 aliphatic heterocycles. The maximum atomic E-state index is 12.3. The summed E-state index contributed by atoms with van der Waals surface area (Å²) in [5, 5.41) is 17.0. The molecule has 1 aliphatic rings. The summed E-state index contributed by atoms with van der Waals surface area (Å²) in [5.41, 5.74) is 2.34. The van der Waals surface area contributed by atoms with Crippen LogP contribution in [0.25, 0.3) is 0 Å². The van der Waals surface area contributed by atoms with Crippen LogP contribution in [0.15, 0.2) is 58.1 Å². The van der Waals surface area contributed by atoms with E-state index in [0.717, 1.165) is 10.0 Å². The predicted molar refractivity (Wildman–Crippen MR) is 98.3 cm³/mol. The highest BCUT2D eigenvalue weighted by Gasteiger charge is 2.32. The smallest absolute Gasteiger partial charge is 0.270 e. The molecule has 2 aromatic carbocycles. The molecule has 1 heterocycles. The number of hydrogen-bond acceptors (Lipinski definition) is 4. The molecule has 0 bridgehead atoms. The number of hydrazone groups is 1. The molecule has 0 spiro atoms. The second-order valence-electron chi connectivity index (χ2n) is 5.72. The number of amides is 1. The molecule has 1 amide bonds. The van der Waals surface area contributed by atoms with Crippen LogP contribution in [0.4, 0.5) is 5.69 Å². The Kier molecular flexibility index (Phi) is 4.94. The van der Waals surface area contributed by atoms with Crippen molar-refractivity contribution >= 4 is 33.2 Å². The average Bonchev–Trinajstić information content (AvgIpc) is 3.07. The molecule has 2 aromatic rings. The number of nitrogens with zero attached hydrogens (tertiary/aromatic N) is 3. The second-order valence-corrected chi connectivity index (χ2v) is 6.63. The SMILES string of the molecule is CCC(=O)N1N=C(c2cccc([N+](=O)[O-])c2)C[C@H]1c1ccc(Br)cc1. The lowest BCUT2D eigenvalue weighted by atomic mass is 9.98. The van der Waals surface area contributed by atoms with Crippen molar-refractivity contribution in [2.75, 3.05) is 0 Å². The van der Waals surface area contributed by atoms with Gasteiger partial charge in [0.1, 0.15) is 0 Å². The minimum absolute atomic E-state index is 0.0145. The first-order valence-corrected chi connectivity index (χ1v) is 8.68. The quantitative estimate of drug-likeness (QED) is 0.560. The van der Waals surface area contributed by atoms with Gasteiger partial charge in [0, 0.05) is 35.0 Å². The lowest BCUT2D eigenvalue weighted by molar-refractivity contribution is -0.384. The lowest BCUT2D eigenvalue weighted by Crippen LogP contribution is -2.26. The van der Waals surface area contributed by atoms with E-state index in [0.29, 0.717) is 24.1 Å². The van der Waals surface area contributed by atoms with Crippen LogP contribution in [0.5, 0.6) is 0 Å². The number of nitro groups is 1. The molecule has 3 rings (SSSR count). The molecule has 7 heteroatoms. The highest BCUT2D eigenvalue weighted by Crippen LogP contribution is 2.34. The Bertz CT molecular complexity index is 849. The monoisotopic (exact) mass is 401 g/mol. The molecule has 0 saturated heterocycles. The zero-order chi connectivity index (χ0) is 18.0. The number of hydrogen-bond donors (Lipinski definition) is 0. The molecule has 0 aromatic heterocycles. The molecule has 0 unspecified atom stereocenters. The Balaban J connectivity index is 1.96.